The molecule has 1 aromatic heterocycles. The van der Waals surface area contributed by atoms with E-state index >= 15 is 0 Å². The molecule has 36 heavy (non-hydrogen) atoms. The number of aryl methyl sites for hydroxylation is 1. The Morgan fingerprint density at radius 1 is 0.750 bits per heavy atom. The second kappa shape index (κ2) is 11.0. The average Bonchev–Trinajstić information content (AvgIpc) is 3.27. The number of piperazine rings is 1. The first-order valence-corrected chi connectivity index (χ1v) is 13.3. The van der Waals surface area contributed by atoms with Gasteiger partial charge in [-0.3, -0.25) is 9.80 Å². The smallest absolute Gasteiger partial charge is 0.139 e. The van der Waals surface area contributed by atoms with Gasteiger partial charge in [0.25, 0.3) is 0 Å². The zero-order valence-electron chi connectivity index (χ0n) is 21.4. The first-order chi connectivity index (χ1) is 17.5. The molecule has 1 atom stereocenters. The van der Waals surface area contributed by atoms with Crippen LogP contribution in [0.5, 0.6) is 0 Å². The minimum absolute atomic E-state index is 0.256. The van der Waals surface area contributed by atoms with Gasteiger partial charge in [0.2, 0.25) is 0 Å². The summed E-state index contributed by atoms with van der Waals surface area (Å²) in [4.78, 5) is 13.9. The molecule has 1 aliphatic heterocycles. The van der Waals surface area contributed by atoms with Crippen LogP contribution < -0.4 is 0 Å². The Kier molecular flexibility index (Phi) is 7.56. The van der Waals surface area contributed by atoms with Gasteiger partial charge in [0.05, 0.1) is 22.8 Å². The number of benzene rings is 3. The van der Waals surface area contributed by atoms with Crippen molar-refractivity contribution in [2.75, 3.05) is 26.2 Å². The SMILES string of the molecule is Cc1[nH]c(-c2ccccc2Cl)nc1C(C(C)C)N1CCN(C(c2ccccc2)c2ccccc2)CC1. The fourth-order valence-corrected chi connectivity index (χ4v) is 5.84. The highest BCUT2D eigenvalue weighted by Gasteiger charge is 2.33. The molecule has 186 valence electrons. The molecule has 3 aromatic carbocycles. The molecule has 0 bridgehead atoms. The van der Waals surface area contributed by atoms with Crippen molar-refractivity contribution in [3.05, 3.63) is 112 Å². The highest BCUT2D eigenvalue weighted by atomic mass is 35.5. The van der Waals surface area contributed by atoms with E-state index in [9.17, 15) is 0 Å². The first-order valence-electron chi connectivity index (χ1n) is 12.9. The number of aromatic nitrogens is 2. The van der Waals surface area contributed by atoms with E-state index in [-0.39, 0.29) is 12.1 Å². The summed E-state index contributed by atoms with van der Waals surface area (Å²) in [6.07, 6.45) is 0. The van der Waals surface area contributed by atoms with E-state index in [0.717, 1.165) is 54.0 Å². The lowest BCUT2D eigenvalue weighted by molar-refractivity contribution is 0.0599. The quantitative estimate of drug-likeness (QED) is 0.294. The van der Waals surface area contributed by atoms with Gasteiger partial charge in [-0.05, 0) is 36.1 Å². The number of imidazole rings is 1. The summed E-state index contributed by atoms with van der Waals surface area (Å²) in [6, 6.07) is 30.2. The highest BCUT2D eigenvalue weighted by molar-refractivity contribution is 6.33. The number of rotatable bonds is 7. The van der Waals surface area contributed by atoms with Crippen molar-refractivity contribution in [2.45, 2.75) is 32.9 Å². The molecule has 0 spiro atoms. The molecule has 5 heteroatoms. The molecule has 0 aliphatic carbocycles. The standard InChI is InChI=1S/C31H35ClN4/c1-22(2)29(28-23(3)33-31(34-28)26-16-10-11-17-27(26)32)35-18-20-36(21-19-35)30(24-12-6-4-7-13-24)25-14-8-5-9-15-25/h4-17,22,29-30H,18-21H2,1-3H3,(H,33,34). The number of hydrogen-bond acceptors (Lipinski definition) is 3. The van der Waals surface area contributed by atoms with Gasteiger partial charge in [0.15, 0.2) is 0 Å². The molecule has 0 radical (unpaired) electrons. The van der Waals surface area contributed by atoms with Gasteiger partial charge in [-0.2, -0.15) is 0 Å². The van der Waals surface area contributed by atoms with Crippen molar-refractivity contribution in [1.82, 2.24) is 19.8 Å². The van der Waals surface area contributed by atoms with Crippen molar-refractivity contribution in [1.29, 1.82) is 0 Å². The second-order valence-electron chi connectivity index (χ2n) is 10.1. The van der Waals surface area contributed by atoms with Crippen LogP contribution in [0.4, 0.5) is 0 Å². The summed E-state index contributed by atoms with van der Waals surface area (Å²) in [5.41, 5.74) is 5.91. The molecule has 2 heterocycles. The van der Waals surface area contributed by atoms with Crippen LogP contribution in [0.1, 0.15) is 48.4 Å². The fourth-order valence-electron chi connectivity index (χ4n) is 5.61. The molecule has 1 N–H and O–H groups in total. The normalized spacial score (nSPS) is 16.1. The van der Waals surface area contributed by atoms with Gasteiger partial charge in [0, 0.05) is 37.4 Å². The van der Waals surface area contributed by atoms with E-state index in [4.69, 9.17) is 16.6 Å². The van der Waals surface area contributed by atoms with Gasteiger partial charge in [-0.25, -0.2) is 4.98 Å². The van der Waals surface area contributed by atoms with E-state index in [0.29, 0.717) is 5.92 Å². The Morgan fingerprint density at radius 3 is 1.83 bits per heavy atom. The first kappa shape index (κ1) is 24.8. The van der Waals surface area contributed by atoms with Gasteiger partial charge in [-0.1, -0.05) is 98.2 Å². The van der Waals surface area contributed by atoms with Gasteiger partial charge in [-0.15, -0.1) is 0 Å². The summed E-state index contributed by atoms with van der Waals surface area (Å²) in [5, 5.41) is 0.723. The van der Waals surface area contributed by atoms with Crippen LogP contribution in [0.2, 0.25) is 5.02 Å². The molecular formula is C31H35ClN4. The van der Waals surface area contributed by atoms with Crippen molar-refractivity contribution >= 4 is 11.6 Å². The van der Waals surface area contributed by atoms with Crippen LogP contribution in [-0.4, -0.2) is 45.9 Å². The molecule has 4 aromatic rings. The minimum atomic E-state index is 0.256. The Bertz CT molecular complexity index is 1220. The van der Waals surface area contributed by atoms with Crippen LogP contribution >= 0.6 is 11.6 Å². The topological polar surface area (TPSA) is 35.2 Å². The molecule has 4 nitrogen and oxygen atoms in total. The number of nitrogens with one attached hydrogen (secondary N) is 1. The summed E-state index contributed by atoms with van der Waals surface area (Å²) < 4.78 is 0. The minimum Gasteiger partial charge on any atom is -0.342 e. The number of nitrogens with zero attached hydrogens (tertiary/aromatic N) is 3. The summed E-state index contributed by atoms with van der Waals surface area (Å²) in [7, 11) is 0. The maximum Gasteiger partial charge on any atom is 0.139 e. The predicted molar refractivity (Wildman–Crippen MR) is 149 cm³/mol. The third kappa shape index (κ3) is 5.12. The van der Waals surface area contributed by atoms with Crippen LogP contribution in [0.15, 0.2) is 84.9 Å². The van der Waals surface area contributed by atoms with E-state index in [2.05, 4.69) is 96.2 Å². The maximum absolute atomic E-state index is 6.48. The van der Waals surface area contributed by atoms with Crippen molar-refractivity contribution in [3.8, 4) is 11.4 Å². The van der Waals surface area contributed by atoms with Crippen molar-refractivity contribution in [2.24, 2.45) is 5.92 Å². The average molecular weight is 499 g/mol. The highest BCUT2D eigenvalue weighted by Crippen LogP contribution is 2.35. The Labute approximate surface area is 219 Å². The van der Waals surface area contributed by atoms with Crippen LogP contribution in [0, 0.1) is 12.8 Å². The molecule has 1 fully saturated rings. The molecule has 0 amide bonds. The van der Waals surface area contributed by atoms with Crippen molar-refractivity contribution in [3.63, 3.8) is 0 Å². The van der Waals surface area contributed by atoms with Crippen LogP contribution in [-0.2, 0) is 0 Å². The molecule has 5 rings (SSSR count). The lowest BCUT2D eigenvalue weighted by Gasteiger charge is -2.43. The third-order valence-corrected chi connectivity index (χ3v) is 7.63. The van der Waals surface area contributed by atoms with Crippen molar-refractivity contribution < 1.29 is 0 Å². The Balaban J connectivity index is 1.38. The van der Waals surface area contributed by atoms with Gasteiger partial charge >= 0.3 is 0 Å². The van der Waals surface area contributed by atoms with E-state index in [1.165, 1.54) is 11.1 Å². The lowest BCUT2D eigenvalue weighted by atomic mass is 9.94. The number of hydrogen-bond donors (Lipinski definition) is 1. The molecular weight excluding hydrogens is 464 g/mol. The van der Waals surface area contributed by atoms with E-state index in [1.807, 2.05) is 24.3 Å². The van der Waals surface area contributed by atoms with Crippen LogP contribution in [0.25, 0.3) is 11.4 Å². The molecule has 1 saturated heterocycles. The molecule has 0 saturated carbocycles. The largest absolute Gasteiger partial charge is 0.342 e. The summed E-state index contributed by atoms with van der Waals surface area (Å²) >= 11 is 6.48. The fraction of sp³-hybridized carbons (Fsp3) is 0.323. The van der Waals surface area contributed by atoms with Crippen LogP contribution in [0.3, 0.4) is 0 Å². The number of aromatic amines is 1. The van der Waals surface area contributed by atoms with Gasteiger partial charge in [0.1, 0.15) is 5.82 Å². The summed E-state index contributed by atoms with van der Waals surface area (Å²) in [6.45, 7) is 10.8. The van der Waals surface area contributed by atoms with E-state index < -0.39 is 0 Å². The zero-order valence-corrected chi connectivity index (χ0v) is 22.1. The second-order valence-corrected chi connectivity index (χ2v) is 10.5. The number of H-pyrrole nitrogens is 1. The lowest BCUT2D eigenvalue weighted by Crippen LogP contribution is -2.50. The predicted octanol–water partition coefficient (Wildman–Crippen LogP) is 7.14. The Morgan fingerprint density at radius 2 is 1.28 bits per heavy atom. The zero-order chi connectivity index (χ0) is 25.1. The Hall–Kier alpha value is -2.92. The third-order valence-electron chi connectivity index (χ3n) is 7.30. The summed E-state index contributed by atoms with van der Waals surface area (Å²) in [5.74, 6) is 1.29. The molecule has 1 unspecified atom stereocenters. The monoisotopic (exact) mass is 498 g/mol. The molecule has 1 aliphatic rings. The number of halogens is 1. The van der Waals surface area contributed by atoms with E-state index in [1.54, 1.807) is 0 Å². The maximum atomic E-state index is 6.48. The van der Waals surface area contributed by atoms with Gasteiger partial charge < -0.3 is 4.98 Å².